The van der Waals surface area contributed by atoms with Crippen molar-refractivity contribution in [3.05, 3.63) is 18.0 Å². The van der Waals surface area contributed by atoms with Crippen LogP contribution in [0.25, 0.3) is 0 Å². The summed E-state index contributed by atoms with van der Waals surface area (Å²) in [5.74, 6) is 1.34. The van der Waals surface area contributed by atoms with Gasteiger partial charge >= 0.3 is 0 Å². The molecule has 0 aromatic carbocycles. The molecule has 0 bridgehead atoms. The number of anilines is 1. The Morgan fingerprint density at radius 1 is 1.41 bits per heavy atom. The summed E-state index contributed by atoms with van der Waals surface area (Å²) in [6.45, 7) is 2.29. The van der Waals surface area contributed by atoms with Gasteiger partial charge in [-0.05, 0) is 24.8 Å². The SMILES string of the molecule is CC1CCCCC1N(C)c1nccc(C#N)n1. The second-order valence-electron chi connectivity index (χ2n) is 4.79. The van der Waals surface area contributed by atoms with Gasteiger partial charge in [0.2, 0.25) is 5.95 Å². The maximum absolute atomic E-state index is 8.85. The number of aromatic nitrogens is 2. The molecular weight excluding hydrogens is 212 g/mol. The molecule has 1 aliphatic rings. The topological polar surface area (TPSA) is 52.8 Å². The fraction of sp³-hybridized carbons (Fsp3) is 0.615. The van der Waals surface area contributed by atoms with E-state index in [1.165, 1.54) is 25.7 Å². The predicted octanol–water partition coefficient (Wildman–Crippen LogP) is 2.36. The Kier molecular flexibility index (Phi) is 3.58. The van der Waals surface area contributed by atoms with E-state index in [1.54, 1.807) is 12.3 Å². The van der Waals surface area contributed by atoms with E-state index in [0.717, 1.165) is 0 Å². The van der Waals surface area contributed by atoms with E-state index < -0.39 is 0 Å². The van der Waals surface area contributed by atoms with Crippen LogP contribution in [0, 0.1) is 17.2 Å². The van der Waals surface area contributed by atoms with Crippen LogP contribution in [-0.4, -0.2) is 23.1 Å². The van der Waals surface area contributed by atoms with Crippen LogP contribution in [0.4, 0.5) is 5.95 Å². The zero-order valence-corrected chi connectivity index (χ0v) is 10.4. The Balaban J connectivity index is 2.18. The van der Waals surface area contributed by atoms with Crippen molar-refractivity contribution in [1.82, 2.24) is 9.97 Å². The average molecular weight is 230 g/mol. The lowest BCUT2D eigenvalue weighted by molar-refractivity contribution is 0.319. The smallest absolute Gasteiger partial charge is 0.226 e. The van der Waals surface area contributed by atoms with Gasteiger partial charge in [-0.3, -0.25) is 0 Å². The zero-order chi connectivity index (χ0) is 12.3. The van der Waals surface area contributed by atoms with Gasteiger partial charge in [0, 0.05) is 19.3 Å². The molecule has 1 aromatic rings. The Bertz CT molecular complexity index is 424. The van der Waals surface area contributed by atoms with Crippen LogP contribution in [0.1, 0.15) is 38.3 Å². The third kappa shape index (κ3) is 2.55. The molecule has 90 valence electrons. The number of hydrogen-bond donors (Lipinski definition) is 0. The lowest BCUT2D eigenvalue weighted by atomic mass is 9.85. The van der Waals surface area contributed by atoms with E-state index in [0.29, 0.717) is 23.6 Å². The van der Waals surface area contributed by atoms with Gasteiger partial charge in [-0.1, -0.05) is 19.8 Å². The van der Waals surface area contributed by atoms with E-state index in [2.05, 4.69) is 27.9 Å². The van der Waals surface area contributed by atoms with Gasteiger partial charge in [0.05, 0.1) is 0 Å². The first kappa shape index (κ1) is 11.8. The van der Waals surface area contributed by atoms with Gasteiger partial charge < -0.3 is 4.90 Å². The lowest BCUT2D eigenvalue weighted by Gasteiger charge is -2.36. The fourth-order valence-corrected chi connectivity index (χ4v) is 2.60. The molecule has 2 unspecified atom stereocenters. The van der Waals surface area contributed by atoms with Gasteiger partial charge in [-0.2, -0.15) is 5.26 Å². The maximum Gasteiger partial charge on any atom is 0.226 e. The summed E-state index contributed by atoms with van der Waals surface area (Å²) in [6, 6.07) is 4.20. The predicted molar refractivity (Wildman–Crippen MR) is 66.6 cm³/mol. The molecular formula is C13H18N4. The highest BCUT2D eigenvalue weighted by Gasteiger charge is 2.26. The Morgan fingerprint density at radius 2 is 2.18 bits per heavy atom. The molecule has 0 radical (unpaired) electrons. The highest BCUT2D eigenvalue weighted by molar-refractivity contribution is 5.34. The molecule has 1 fully saturated rings. The van der Waals surface area contributed by atoms with Gasteiger partial charge in [-0.15, -0.1) is 0 Å². The molecule has 2 atom stereocenters. The molecule has 17 heavy (non-hydrogen) atoms. The van der Waals surface area contributed by atoms with E-state index in [-0.39, 0.29) is 0 Å². The van der Waals surface area contributed by atoms with Crippen molar-refractivity contribution < 1.29 is 0 Å². The second-order valence-corrected chi connectivity index (χ2v) is 4.79. The standard InChI is InChI=1S/C13H18N4/c1-10-5-3-4-6-12(10)17(2)13-15-8-7-11(9-14)16-13/h7-8,10,12H,3-6H2,1-2H3. The van der Waals surface area contributed by atoms with Gasteiger partial charge in [0.25, 0.3) is 0 Å². The summed E-state index contributed by atoms with van der Waals surface area (Å²) in [4.78, 5) is 10.6. The van der Waals surface area contributed by atoms with Crippen molar-refractivity contribution in [3.8, 4) is 6.07 Å². The summed E-state index contributed by atoms with van der Waals surface area (Å²) in [7, 11) is 2.03. The van der Waals surface area contributed by atoms with Crippen LogP contribution in [0.2, 0.25) is 0 Å². The normalized spacial score (nSPS) is 24.1. The van der Waals surface area contributed by atoms with Crippen LogP contribution in [0.15, 0.2) is 12.3 Å². The third-order valence-electron chi connectivity index (χ3n) is 3.64. The summed E-state index contributed by atoms with van der Waals surface area (Å²) >= 11 is 0. The van der Waals surface area contributed by atoms with E-state index in [1.807, 2.05) is 7.05 Å². The zero-order valence-electron chi connectivity index (χ0n) is 10.4. The molecule has 0 N–H and O–H groups in total. The summed E-state index contributed by atoms with van der Waals surface area (Å²) in [5.41, 5.74) is 0.435. The first-order valence-electron chi connectivity index (χ1n) is 6.18. The molecule has 1 aromatic heterocycles. The van der Waals surface area contributed by atoms with Gasteiger partial charge in [0.15, 0.2) is 0 Å². The van der Waals surface area contributed by atoms with Gasteiger partial charge in [0.1, 0.15) is 11.8 Å². The molecule has 1 aliphatic carbocycles. The van der Waals surface area contributed by atoms with Crippen LogP contribution in [0.3, 0.4) is 0 Å². The van der Waals surface area contributed by atoms with Gasteiger partial charge in [-0.25, -0.2) is 9.97 Å². The van der Waals surface area contributed by atoms with Crippen LogP contribution in [0.5, 0.6) is 0 Å². The Labute approximate surface area is 102 Å². The Morgan fingerprint density at radius 3 is 2.88 bits per heavy atom. The van der Waals surface area contributed by atoms with Crippen LogP contribution in [-0.2, 0) is 0 Å². The summed E-state index contributed by atoms with van der Waals surface area (Å²) < 4.78 is 0. The molecule has 1 heterocycles. The molecule has 0 saturated heterocycles. The quantitative estimate of drug-likeness (QED) is 0.782. The van der Waals surface area contributed by atoms with Crippen molar-refractivity contribution >= 4 is 5.95 Å². The fourth-order valence-electron chi connectivity index (χ4n) is 2.60. The van der Waals surface area contributed by atoms with Crippen LogP contribution < -0.4 is 4.90 Å². The lowest BCUT2D eigenvalue weighted by Crippen LogP contribution is -2.40. The minimum atomic E-state index is 0.435. The minimum Gasteiger partial charge on any atom is -0.341 e. The van der Waals surface area contributed by atoms with Crippen molar-refractivity contribution in [2.24, 2.45) is 5.92 Å². The molecule has 1 saturated carbocycles. The number of nitrogens with zero attached hydrogens (tertiary/aromatic N) is 4. The molecule has 4 nitrogen and oxygen atoms in total. The number of nitriles is 1. The maximum atomic E-state index is 8.85. The molecule has 0 amide bonds. The number of rotatable bonds is 2. The molecule has 2 rings (SSSR count). The summed E-state index contributed by atoms with van der Waals surface area (Å²) in [5, 5.41) is 8.85. The monoisotopic (exact) mass is 230 g/mol. The third-order valence-corrected chi connectivity index (χ3v) is 3.64. The van der Waals surface area contributed by atoms with E-state index in [9.17, 15) is 0 Å². The highest BCUT2D eigenvalue weighted by Crippen LogP contribution is 2.28. The van der Waals surface area contributed by atoms with Crippen molar-refractivity contribution in [2.75, 3.05) is 11.9 Å². The summed E-state index contributed by atoms with van der Waals surface area (Å²) in [6.07, 6.45) is 6.72. The first-order valence-corrected chi connectivity index (χ1v) is 6.18. The van der Waals surface area contributed by atoms with Crippen LogP contribution >= 0.6 is 0 Å². The average Bonchev–Trinajstić information content (AvgIpc) is 2.38. The molecule has 0 aliphatic heterocycles. The van der Waals surface area contributed by atoms with E-state index >= 15 is 0 Å². The Hall–Kier alpha value is -1.63. The largest absolute Gasteiger partial charge is 0.341 e. The molecule has 0 spiro atoms. The molecule has 4 heteroatoms. The van der Waals surface area contributed by atoms with Crippen molar-refractivity contribution in [3.63, 3.8) is 0 Å². The number of hydrogen-bond acceptors (Lipinski definition) is 4. The first-order chi connectivity index (χ1) is 8.22. The second kappa shape index (κ2) is 5.13. The van der Waals surface area contributed by atoms with Crippen molar-refractivity contribution in [2.45, 2.75) is 38.6 Å². The highest BCUT2D eigenvalue weighted by atomic mass is 15.3. The van der Waals surface area contributed by atoms with E-state index in [4.69, 9.17) is 5.26 Å². The van der Waals surface area contributed by atoms with Crippen molar-refractivity contribution in [1.29, 1.82) is 5.26 Å². The minimum absolute atomic E-state index is 0.435.